The van der Waals surface area contributed by atoms with Gasteiger partial charge in [-0.25, -0.2) is 15.0 Å². The molecule has 0 radical (unpaired) electrons. The van der Waals surface area contributed by atoms with Crippen molar-refractivity contribution in [3.8, 4) is 0 Å². The van der Waals surface area contributed by atoms with E-state index >= 15 is 0 Å². The third kappa shape index (κ3) is 1.44. The number of nitrogens with two attached hydrogens (primary N) is 1. The lowest BCUT2D eigenvalue weighted by Gasteiger charge is -2.37. The summed E-state index contributed by atoms with van der Waals surface area (Å²) in [5, 5.41) is 10.0. The van der Waals surface area contributed by atoms with Crippen molar-refractivity contribution in [2.24, 2.45) is 0 Å². The number of methoxy groups -OCH3 is 1. The van der Waals surface area contributed by atoms with Gasteiger partial charge in [0.05, 0.1) is 12.9 Å². The minimum Gasteiger partial charge on any atom is -0.393 e. The number of aliphatic hydroxyl groups is 1. The number of anilines is 1. The van der Waals surface area contributed by atoms with Gasteiger partial charge in [-0.05, 0) is 12.8 Å². The van der Waals surface area contributed by atoms with Crippen LogP contribution in [0.1, 0.15) is 19.1 Å². The van der Waals surface area contributed by atoms with E-state index in [4.69, 9.17) is 19.9 Å². The second-order valence-electron chi connectivity index (χ2n) is 6.37. The van der Waals surface area contributed by atoms with Crippen molar-refractivity contribution < 1.29 is 19.3 Å². The van der Waals surface area contributed by atoms with E-state index in [0.717, 1.165) is 12.8 Å². The molecule has 1 saturated carbocycles. The first-order chi connectivity index (χ1) is 11.2. The van der Waals surface area contributed by atoms with Gasteiger partial charge in [0.25, 0.3) is 0 Å². The lowest BCUT2D eigenvalue weighted by molar-refractivity contribution is -0.234. The third-order valence-electron chi connectivity index (χ3n) is 5.36. The van der Waals surface area contributed by atoms with Crippen LogP contribution in [-0.4, -0.2) is 61.8 Å². The number of imidazole rings is 1. The second-order valence-corrected chi connectivity index (χ2v) is 6.37. The summed E-state index contributed by atoms with van der Waals surface area (Å²) in [7, 11) is 1.62. The molecule has 9 nitrogen and oxygen atoms in total. The van der Waals surface area contributed by atoms with Gasteiger partial charge in [0.2, 0.25) is 0 Å². The minimum absolute atomic E-state index is 0.151. The van der Waals surface area contributed by atoms with E-state index < -0.39 is 17.4 Å². The highest BCUT2D eigenvalue weighted by Gasteiger charge is 2.78. The van der Waals surface area contributed by atoms with Gasteiger partial charge < -0.3 is 25.1 Å². The van der Waals surface area contributed by atoms with Crippen molar-refractivity contribution in [1.82, 2.24) is 19.5 Å². The zero-order valence-corrected chi connectivity index (χ0v) is 12.5. The molecule has 23 heavy (non-hydrogen) atoms. The van der Waals surface area contributed by atoms with Gasteiger partial charge >= 0.3 is 0 Å². The molecule has 1 spiro atoms. The molecule has 3 fully saturated rings. The van der Waals surface area contributed by atoms with Gasteiger partial charge in [-0.1, -0.05) is 0 Å². The Hall–Kier alpha value is -1.81. The lowest BCUT2D eigenvalue weighted by atomic mass is 9.91. The normalized spacial score (nSPS) is 37.0. The van der Waals surface area contributed by atoms with Crippen molar-refractivity contribution in [1.29, 1.82) is 0 Å². The molecule has 0 amide bonds. The average Bonchev–Trinajstić information content (AvgIpc) is 2.99. The molecule has 3 N–H and O–H groups in total. The minimum atomic E-state index is -0.841. The second kappa shape index (κ2) is 4.18. The summed E-state index contributed by atoms with van der Waals surface area (Å²) in [5.74, 6) is 0.316. The van der Waals surface area contributed by atoms with E-state index in [-0.39, 0.29) is 18.8 Å². The molecule has 0 aromatic carbocycles. The summed E-state index contributed by atoms with van der Waals surface area (Å²) >= 11 is 0. The van der Waals surface area contributed by atoms with Crippen molar-refractivity contribution in [2.45, 2.75) is 42.5 Å². The molecule has 2 saturated heterocycles. The first-order valence-corrected chi connectivity index (χ1v) is 7.58. The monoisotopic (exact) mass is 319 g/mol. The largest absolute Gasteiger partial charge is 0.393 e. The van der Waals surface area contributed by atoms with Crippen molar-refractivity contribution in [2.75, 3.05) is 19.5 Å². The zero-order chi connectivity index (χ0) is 15.8. The number of nitrogen functional groups attached to an aromatic ring is 1. The molecule has 1 aliphatic carbocycles. The number of fused-ring (bicyclic) bond motifs is 4. The summed E-state index contributed by atoms with van der Waals surface area (Å²) in [5.41, 5.74) is 5.67. The Kier molecular flexibility index (Phi) is 2.47. The summed E-state index contributed by atoms with van der Waals surface area (Å²) in [6, 6.07) is 0. The van der Waals surface area contributed by atoms with Crippen LogP contribution in [-0.2, 0) is 14.2 Å². The lowest BCUT2D eigenvalue weighted by Crippen LogP contribution is -2.52. The molecule has 4 heterocycles. The first-order valence-electron chi connectivity index (χ1n) is 7.58. The molecular formula is C14H17N5O4. The third-order valence-corrected chi connectivity index (χ3v) is 5.36. The van der Waals surface area contributed by atoms with E-state index in [1.54, 1.807) is 18.0 Å². The van der Waals surface area contributed by atoms with Crippen molar-refractivity contribution >= 4 is 17.0 Å². The molecule has 9 heteroatoms. The van der Waals surface area contributed by atoms with E-state index in [1.165, 1.54) is 6.33 Å². The predicted molar refractivity (Wildman–Crippen MR) is 77.3 cm³/mol. The summed E-state index contributed by atoms with van der Waals surface area (Å²) < 4.78 is 19.9. The van der Waals surface area contributed by atoms with Crippen LogP contribution in [0.2, 0.25) is 0 Å². The van der Waals surface area contributed by atoms with Crippen LogP contribution in [0, 0.1) is 0 Å². The maximum atomic E-state index is 10.0. The van der Waals surface area contributed by atoms with Crippen molar-refractivity contribution in [3.63, 3.8) is 0 Å². The van der Waals surface area contributed by atoms with Crippen LogP contribution < -0.4 is 5.73 Å². The van der Waals surface area contributed by atoms with Crippen molar-refractivity contribution in [3.05, 3.63) is 12.7 Å². The van der Waals surface area contributed by atoms with E-state index in [2.05, 4.69) is 15.0 Å². The van der Waals surface area contributed by atoms with Crippen LogP contribution in [0.25, 0.3) is 11.2 Å². The number of nitrogens with zero attached hydrogens (tertiary/aromatic N) is 4. The van der Waals surface area contributed by atoms with Crippen LogP contribution in [0.4, 0.5) is 5.82 Å². The fraction of sp³-hybridized carbons (Fsp3) is 0.643. The van der Waals surface area contributed by atoms with Gasteiger partial charge in [-0.3, -0.25) is 4.57 Å². The highest BCUT2D eigenvalue weighted by atomic mass is 16.7. The van der Waals surface area contributed by atoms with Gasteiger partial charge in [-0.2, -0.15) is 0 Å². The quantitative estimate of drug-likeness (QED) is 0.786. The highest BCUT2D eigenvalue weighted by Crippen LogP contribution is 2.64. The van der Waals surface area contributed by atoms with Gasteiger partial charge in [0.1, 0.15) is 29.7 Å². The van der Waals surface area contributed by atoms with Gasteiger partial charge in [-0.15, -0.1) is 0 Å². The maximum Gasteiger partial charge on any atom is 0.167 e. The van der Waals surface area contributed by atoms with E-state index in [1.807, 2.05) is 0 Å². The van der Waals surface area contributed by atoms with Crippen LogP contribution in [0.5, 0.6) is 0 Å². The average molecular weight is 319 g/mol. The Morgan fingerprint density at radius 2 is 2.22 bits per heavy atom. The Morgan fingerprint density at radius 3 is 2.91 bits per heavy atom. The van der Waals surface area contributed by atoms with E-state index in [9.17, 15) is 5.11 Å². The van der Waals surface area contributed by atoms with Gasteiger partial charge in [0.15, 0.2) is 23.3 Å². The highest BCUT2D eigenvalue weighted by molar-refractivity contribution is 5.81. The van der Waals surface area contributed by atoms with Crippen LogP contribution in [0.3, 0.4) is 0 Å². The molecule has 2 bridgehead atoms. The SMILES string of the molecule is COC1C2OC3(CC3)[C@@]1(CO)OC2n1cnc2c(N)ncnc21. The predicted octanol–water partition coefficient (Wildman–Crippen LogP) is -0.385. The molecule has 2 aromatic heterocycles. The fourth-order valence-corrected chi connectivity index (χ4v) is 4.13. The molecular weight excluding hydrogens is 302 g/mol. The standard InChI is InChI=1S/C14H17N5O4/c1-21-9-8-12(23-14(9,4-20)13(22-8)2-3-13)19-6-18-7-10(15)16-5-17-11(7)19/h5-6,8-9,12,20H,2-4H2,1H3,(H2,15,16,17)/t8?,9?,12?,14-/m0/s1. The molecule has 2 aromatic rings. The molecule has 4 atom stereocenters. The number of aliphatic hydroxyl groups excluding tert-OH is 1. The molecule has 3 unspecified atom stereocenters. The molecule has 3 aliphatic rings. The smallest absolute Gasteiger partial charge is 0.167 e. The van der Waals surface area contributed by atoms with Crippen LogP contribution in [0.15, 0.2) is 12.7 Å². The Balaban J connectivity index is 1.62. The number of rotatable bonds is 3. The number of aromatic nitrogens is 4. The first kappa shape index (κ1) is 13.6. The number of ether oxygens (including phenoxy) is 3. The Bertz CT molecular complexity index is 791. The Labute approximate surface area is 131 Å². The number of hydrogen-bond donors (Lipinski definition) is 2. The fourth-order valence-electron chi connectivity index (χ4n) is 4.13. The van der Waals surface area contributed by atoms with E-state index in [0.29, 0.717) is 17.0 Å². The summed E-state index contributed by atoms with van der Waals surface area (Å²) in [6.45, 7) is -0.151. The summed E-state index contributed by atoms with van der Waals surface area (Å²) in [6.07, 6.45) is 3.61. The molecule has 5 rings (SSSR count). The Morgan fingerprint density at radius 1 is 1.39 bits per heavy atom. The van der Waals surface area contributed by atoms with Gasteiger partial charge in [0, 0.05) is 7.11 Å². The summed E-state index contributed by atoms with van der Waals surface area (Å²) in [4.78, 5) is 12.5. The zero-order valence-electron chi connectivity index (χ0n) is 12.5. The molecule has 122 valence electrons. The number of hydrogen-bond acceptors (Lipinski definition) is 8. The maximum absolute atomic E-state index is 10.0. The molecule has 2 aliphatic heterocycles. The van der Waals surface area contributed by atoms with Crippen LogP contribution >= 0.6 is 0 Å². The topological polar surface area (TPSA) is 118 Å².